The smallest absolute Gasteiger partial charge is 0.227 e. The molecule has 15 heavy (non-hydrogen) atoms. The molecule has 0 radical (unpaired) electrons. The van der Waals surface area contributed by atoms with Crippen molar-refractivity contribution in [3.8, 4) is 0 Å². The largest absolute Gasteiger partial charge is 0.441 e. The third kappa shape index (κ3) is 4.25. The predicted molar refractivity (Wildman–Crippen MR) is 50.6 cm³/mol. The quantitative estimate of drug-likeness (QED) is 0.779. The highest BCUT2D eigenvalue weighted by molar-refractivity contribution is 8.00. The van der Waals surface area contributed by atoms with E-state index in [0.717, 1.165) is 0 Å². The minimum atomic E-state index is -4.22. The zero-order chi connectivity index (χ0) is 11.5. The van der Waals surface area contributed by atoms with Gasteiger partial charge in [0.15, 0.2) is 5.82 Å². The summed E-state index contributed by atoms with van der Waals surface area (Å²) in [6.45, 7) is 1.74. The Morgan fingerprint density at radius 3 is 2.73 bits per heavy atom. The van der Waals surface area contributed by atoms with Gasteiger partial charge in [-0.05, 0) is 29.1 Å². The van der Waals surface area contributed by atoms with Crippen molar-refractivity contribution in [3.63, 3.8) is 0 Å². The summed E-state index contributed by atoms with van der Waals surface area (Å²) in [5.41, 5.74) is -4.22. The average Bonchev–Trinajstić information content (AvgIpc) is 2.49. The van der Waals surface area contributed by atoms with Crippen LogP contribution in [0, 0.1) is 0 Å². The number of hydrogen-bond donors (Lipinski definition) is 0. The van der Waals surface area contributed by atoms with Crippen LogP contribution in [0.1, 0.15) is 18.1 Å². The Balaban J connectivity index is 2.47. The van der Waals surface area contributed by atoms with E-state index in [0.29, 0.717) is 5.82 Å². The van der Waals surface area contributed by atoms with E-state index in [-0.39, 0.29) is 24.1 Å². The van der Waals surface area contributed by atoms with Crippen LogP contribution in [0.4, 0.5) is 13.2 Å². The van der Waals surface area contributed by atoms with Crippen LogP contribution >= 0.6 is 23.4 Å². The van der Waals surface area contributed by atoms with Crippen molar-refractivity contribution < 1.29 is 13.2 Å². The maximum absolute atomic E-state index is 11.8. The summed E-state index contributed by atoms with van der Waals surface area (Å²) in [5.74, 6) is 0.241. The summed E-state index contributed by atoms with van der Waals surface area (Å²) in [7, 11) is 0. The monoisotopic (exact) mass is 260 g/mol. The van der Waals surface area contributed by atoms with Gasteiger partial charge in [0, 0.05) is 5.75 Å². The molecule has 86 valence electrons. The van der Waals surface area contributed by atoms with Crippen LogP contribution in [0.5, 0.6) is 0 Å². The molecule has 0 aliphatic rings. The number of hydrogen-bond acceptors (Lipinski definition) is 4. The number of alkyl halides is 4. The topological polar surface area (TPSA) is 43.6 Å². The zero-order valence-electron chi connectivity index (χ0n) is 7.70. The van der Waals surface area contributed by atoms with Crippen molar-refractivity contribution in [1.82, 2.24) is 20.2 Å². The maximum Gasteiger partial charge on any atom is 0.441 e. The molecule has 0 amide bonds. The van der Waals surface area contributed by atoms with E-state index in [1.165, 1.54) is 4.68 Å². The fraction of sp³-hybridized carbons (Fsp3) is 0.833. The fourth-order valence-corrected chi connectivity index (χ4v) is 1.56. The van der Waals surface area contributed by atoms with Gasteiger partial charge in [-0.15, -0.1) is 16.7 Å². The second-order valence-corrected chi connectivity index (χ2v) is 4.48. The summed E-state index contributed by atoms with van der Waals surface area (Å²) >= 11 is 5.62. The van der Waals surface area contributed by atoms with Crippen LogP contribution in [-0.2, 0) is 6.54 Å². The van der Waals surface area contributed by atoms with Gasteiger partial charge >= 0.3 is 5.51 Å². The van der Waals surface area contributed by atoms with Crippen molar-refractivity contribution in [2.45, 2.75) is 24.4 Å². The first-order valence-electron chi connectivity index (χ1n) is 4.01. The summed E-state index contributed by atoms with van der Waals surface area (Å²) in [4.78, 5) is 0. The van der Waals surface area contributed by atoms with Crippen LogP contribution in [0.2, 0.25) is 0 Å². The first kappa shape index (κ1) is 12.6. The third-order valence-corrected chi connectivity index (χ3v) is 2.39. The molecule has 0 saturated carbocycles. The Kier molecular flexibility index (Phi) is 4.21. The van der Waals surface area contributed by atoms with Gasteiger partial charge in [-0.1, -0.05) is 0 Å². The lowest BCUT2D eigenvalue weighted by molar-refractivity contribution is -0.0328. The first-order chi connectivity index (χ1) is 6.90. The van der Waals surface area contributed by atoms with Gasteiger partial charge in [0.05, 0.1) is 11.9 Å². The minimum Gasteiger partial charge on any atom is -0.227 e. The van der Waals surface area contributed by atoms with Gasteiger partial charge in [0.25, 0.3) is 0 Å². The Hall–Kier alpha value is -0.500. The van der Waals surface area contributed by atoms with E-state index in [4.69, 9.17) is 11.6 Å². The number of aryl methyl sites for hydroxylation is 1. The van der Waals surface area contributed by atoms with Crippen molar-refractivity contribution in [2.24, 2.45) is 0 Å². The van der Waals surface area contributed by atoms with E-state index in [9.17, 15) is 13.2 Å². The molecule has 0 spiro atoms. The number of nitrogens with zero attached hydrogens (tertiary/aromatic N) is 4. The second-order valence-electron chi connectivity index (χ2n) is 2.67. The Morgan fingerprint density at radius 1 is 1.53 bits per heavy atom. The molecular weight excluding hydrogens is 253 g/mol. The molecule has 1 unspecified atom stereocenters. The number of aromatic nitrogens is 4. The van der Waals surface area contributed by atoms with Crippen molar-refractivity contribution in [1.29, 1.82) is 0 Å². The van der Waals surface area contributed by atoms with Crippen molar-refractivity contribution >= 4 is 23.4 Å². The van der Waals surface area contributed by atoms with Crippen molar-refractivity contribution in [3.05, 3.63) is 5.82 Å². The van der Waals surface area contributed by atoms with Gasteiger partial charge in [0.2, 0.25) is 0 Å². The maximum atomic E-state index is 11.8. The number of halogens is 4. The molecule has 0 N–H and O–H groups in total. The first-order valence-corrected chi connectivity index (χ1v) is 5.43. The lowest BCUT2D eigenvalue weighted by atomic mass is 10.4. The minimum absolute atomic E-state index is 0.0869. The molecule has 4 nitrogen and oxygen atoms in total. The lowest BCUT2D eigenvalue weighted by Gasteiger charge is -2.07. The van der Waals surface area contributed by atoms with Crippen LogP contribution in [0.25, 0.3) is 0 Å². The van der Waals surface area contributed by atoms with E-state index in [1.54, 1.807) is 6.92 Å². The Morgan fingerprint density at radius 2 is 2.20 bits per heavy atom. The molecule has 9 heteroatoms. The fourth-order valence-electron chi connectivity index (χ4n) is 0.904. The van der Waals surface area contributed by atoms with Crippen LogP contribution in [0.3, 0.4) is 0 Å². The summed E-state index contributed by atoms with van der Waals surface area (Å²) in [5, 5.41) is 10.1. The molecule has 1 rings (SSSR count). The molecule has 0 aromatic carbocycles. The predicted octanol–water partition coefficient (Wildman–Crippen LogP) is 2.23. The highest BCUT2D eigenvalue weighted by Crippen LogP contribution is 2.30. The van der Waals surface area contributed by atoms with Gasteiger partial charge in [0.1, 0.15) is 0 Å². The Bertz CT molecular complexity index is 314. The number of rotatable bonds is 4. The van der Waals surface area contributed by atoms with Gasteiger partial charge in [-0.25, -0.2) is 4.68 Å². The summed E-state index contributed by atoms with van der Waals surface area (Å²) in [6.07, 6.45) is 0. The number of tetrazole rings is 1. The van der Waals surface area contributed by atoms with Crippen molar-refractivity contribution in [2.75, 3.05) is 5.75 Å². The van der Waals surface area contributed by atoms with Gasteiger partial charge in [-0.3, -0.25) is 0 Å². The SMILES string of the molecule is CC(Cl)c1nnnn1CCSC(F)(F)F. The molecule has 0 bridgehead atoms. The molecule has 1 aromatic rings. The van der Waals surface area contributed by atoms with Gasteiger partial charge < -0.3 is 0 Å². The standard InChI is InChI=1S/C6H8ClF3N4S/c1-4(7)5-11-12-13-14(5)2-3-15-6(8,9)10/h4H,2-3H2,1H3. The van der Waals surface area contributed by atoms with E-state index < -0.39 is 10.9 Å². The van der Waals surface area contributed by atoms with Crippen LogP contribution < -0.4 is 0 Å². The van der Waals surface area contributed by atoms with E-state index in [1.807, 2.05) is 0 Å². The van der Waals surface area contributed by atoms with E-state index >= 15 is 0 Å². The molecule has 0 fully saturated rings. The molecule has 1 heterocycles. The van der Waals surface area contributed by atoms with E-state index in [2.05, 4.69) is 15.5 Å². The van der Waals surface area contributed by atoms with Gasteiger partial charge in [-0.2, -0.15) is 13.2 Å². The molecule has 1 atom stereocenters. The molecule has 1 aromatic heterocycles. The molecule has 0 saturated heterocycles. The number of thioether (sulfide) groups is 1. The summed E-state index contributed by atoms with van der Waals surface area (Å²) < 4.78 is 36.7. The lowest BCUT2D eigenvalue weighted by Crippen LogP contribution is -2.11. The van der Waals surface area contributed by atoms with Crippen LogP contribution in [0.15, 0.2) is 0 Å². The molecular formula is C6H8ClF3N4S. The zero-order valence-corrected chi connectivity index (χ0v) is 9.27. The molecule has 0 aliphatic carbocycles. The molecule has 0 aliphatic heterocycles. The van der Waals surface area contributed by atoms with Crippen LogP contribution in [-0.4, -0.2) is 31.5 Å². The average molecular weight is 261 g/mol. The third-order valence-electron chi connectivity index (χ3n) is 1.48. The highest BCUT2D eigenvalue weighted by atomic mass is 35.5. The Labute approximate surface area is 93.2 Å². The normalized spacial score (nSPS) is 14.2. The summed E-state index contributed by atoms with van der Waals surface area (Å²) in [6, 6.07) is 0. The highest BCUT2D eigenvalue weighted by Gasteiger charge is 2.27. The second kappa shape index (κ2) is 5.02.